The number of rotatable bonds is 4. The number of hydrogen-bond acceptors (Lipinski definition) is 5. The van der Waals surface area contributed by atoms with E-state index in [0.29, 0.717) is 17.7 Å². The molecule has 0 N–H and O–H groups in total. The van der Waals surface area contributed by atoms with Crippen molar-refractivity contribution >= 4 is 5.91 Å². The fourth-order valence-electron chi connectivity index (χ4n) is 4.79. The second-order valence-corrected chi connectivity index (χ2v) is 8.38. The number of hydrogen-bond donors (Lipinski definition) is 0. The Hall–Kier alpha value is -1.47. The highest BCUT2D eigenvalue weighted by atomic mass is 16.5. The first kappa shape index (κ1) is 17.9. The molecular formula is C19H31N5O2. The molecule has 0 radical (unpaired) electrons. The number of likely N-dealkylation sites (tertiary alicyclic amines) is 2. The number of aromatic nitrogens is 3. The first-order valence-corrected chi connectivity index (χ1v) is 10.0. The highest BCUT2D eigenvalue weighted by Gasteiger charge is 2.41. The summed E-state index contributed by atoms with van der Waals surface area (Å²) in [4.78, 5) is 21.5. The average molecular weight is 361 g/mol. The van der Waals surface area contributed by atoms with Gasteiger partial charge in [-0.05, 0) is 57.5 Å². The van der Waals surface area contributed by atoms with Gasteiger partial charge >= 0.3 is 0 Å². The topological polar surface area (TPSA) is 63.5 Å². The number of ether oxygens (including phenoxy) is 1. The Morgan fingerprint density at radius 1 is 1.27 bits per heavy atom. The lowest BCUT2D eigenvalue weighted by molar-refractivity contribution is -0.141. The second-order valence-electron chi connectivity index (χ2n) is 8.38. The van der Waals surface area contributed by atoms with Crippen LogP contribution in [-0.2, 0) is 23.1 Å². The van der Waals surface area contributed by atoms with E-state index in [1.807, 2.05) is 18.7 Å². The van der Waals surface area contributed by atoms with Crippen molar-refractivity contribution in [3.05, 3.63) is 11.6 Å². The van der Waals surface area contributed by atoms with Crippen LogP contribution in [0.4, 0.5) is 0 Å². The number of carbonyl (C=O) groups is 1. The molecule has 4 rings (SSSR count). The lowest BCUT2D eigenvalue weighted by atomic mass is 9.72. The van der Waals surface area contributed by atoms with Crippen LogP contribution >= 0.6 is 0 Å². The molecule has 3 aliphatic rings. The lowest BCUT2D eigenvalue weighted by Gasteiger charge is -2.47. The van der Waals surface area contributed by atoms with Gasteiger partial charge in [0.05, 0.1) is 12.6 Å². The number of amides is 1. The fraction of sp³-hybridized carbons (Fsp3) is 0.842. The number of aryl methyl sites for hydroxylation is 2. The molecule has 1 aromatic heterocycles. The fourth-order valence-corrected chi connectivity index (χ4v) is 4.79. The first-order chi connectivity index (χ1) is 12.5. The zero-order chi connectivity index (χ0) is 18.1. The molecule has 0 bridgehead atoms. The van der Waals surface area contributed by atoms with Gasteiger partial charge in [0.25, 0.3) is 0 Å². The minimum atomic E-state index is 0.258. The Labute approximate surface area is 155 Å². The smallest absolute Gasteiger partial charge is 0.222 e. The first-order valence-electron chi connectivity index (χ1n) is 10.0. The molecule has 26 heavy (non-hydrogen) atoms. The highest BCUT2D eigenvalue weighted by Crippen LogP contribution is 2.40. The molecule has 3 saturated heterocycles. The molecule has 1 aromatic rings. The van der Waals surface area contributed by atoms with E-state index in [1.54, 1.807) is 0 Å². The van der Waals surface area contributed by atoms with Gasteiger partial charge in [-0.3, -0.25) is 14.4 Å². The summed E-state index contributed by atoms with van der Waals surface area (Å²) < 4.78 is 7.65. The van der Waals surface area contributed by atoms with E-state index >= 15 is 0 Å². The zero-order valence-electron chi connectivity index (χ0n) is 16.1. The Morgan fingerprint density at radius 2 is 2.08 bits per heavy atom. The average Bonchev–Trinajstić information content (AvgIpc) is 3.23. The molecule has 0 unspecified atom stereocenters. The van der Waals surface area contributed by atoms with Gasteiger partial charge in [0, 0.05) is 33.2 Å². The molecule has 3 aliphatic heterocycles. The molecule has 1 atom stereocenters. The predicted molar refractivity (Wildman–Crippen MR) is 97.5 cm³/mol. The van der Waals surface area contributed by atoms with Crippen LogP contribution in [0.3, 0.4) is 0 Å². The summed E-state index contributed by atoms with van der Waals surface area (Å²) in [5.41, 5.74) is 0.304. The van der Waals surface area contributed by atoms with Crippen molar-refractivity contribution in [3.63, 3.8) is 0 Å². The normalized spacial score (nSPS) is 26.8. The van der Waals surface area contributed by atoms with Crippen molar-refractivity contribution in [1.82, 2.24) is 24.6 Å². The molecule has 1 spiro atoms. The molecule has 144 valence electrons. The van der Waals surface area contributed by atoms with E-state index in [2.05, 4.69) is 19.9 Å². The van der Waals surface area contributed by atoms with Gasteiger partial charge in [-0.15, -0.1) is 0 Å². The van der Waals surface area contributed by atoms with Crippen LogP contribution in [0.15, 0.2) is 0 Å². The summed E-state index contributed by atoms with van der Waals surface area (Å²) in [6, 6.07) is 0. The third-order valence-electron chi connectivity index (χ3n) is 6.44. The van der Waals surface area contributed by atoms with E-state index in [4.69, 9.17) is 4.74 Å². The molecular weight excluding hydrogens is 330 g/mol. The lowest BCUT2D eigenvalue weighted by Crippen LogP contribution is -2.52. The number of piperidine rings is 2. The van der Waals surface area contributed by atoms with Crippen LogP contribution in [-0.4, -0.2) is 69.4 Å². The van der Waals surface area contributed by atoms with E-state index in [1.165, 1.54) is 12.8 Å². The summed E-state index contributed by atoms with van der Waals surface area (Å²) in [6.45, 7) is 7.53. The SMILES string of the molecule is Cc1nc(CN2CCC3(CCC(=O)N(C[C@H]4CCCO4)C3)CC2)n(C)n1. The highest BCUT2D eigenvalue weighted by molar-refractivity contribution is 5.77. The minimum absolute atomic E-state index is 0.258. The van der Waals surface area contributed by atoms with E-state index in [0.717, 1.165) is 70.2 Å². The van der Waals surface area contributed by atoms with Crippen molar-refractivity contribution in [2.45, 2.75) is 58.1 Å². The van der Waals surface area contributed by atoms with Gasteiger partial charge in [-0.2, -0.15) is 5.10 Å². The monoisotopic (exact) mass is 361 g/mol. The van der Waals surface area contributed by atoms with Crippen LogP contribution in [0.1, 0.15) is 50.2 Å². The van der Waals surface area contributed by atoms with Crippen molar-refractivity contribution < 1.29 is 9.53 Å². The van der Waals surface area contributed by atoms with E-state index < -0.39 is 0 Å². The molecule has 4 heterocycles. The van der Waals surface area contributed by atoms with Crippen LogP contribution in [0.25, 0.3) is 0 Å². The van der Waals surface area contributed by atoms with Gasteiger partial charge in [0.1, 0.15) is 11.6 Å². The molecule has 3 fully saturated rings. The van der Waals surface area contributed by atoms with Crippen molar-refractivity contribution in [2.75, 3.05) is 32.8 Å². The van der Waals surface area contributed by atoms with Gasteiger partial charge < -0.3 is 9.64 Å². The van der Waals surface area contributed by atoms with Gasteiger partial charge in [0.15, 0.2) is 0 Å². The summed E-state index contributed by atoms with van der Waals surface area (Å²) in [5, 5.41) is 4.35. The zero-order valence-corrected chi connectivity index (χ0v) is 16.1. The predicted octanol–water partition coefficient (Wildman–Crippen LogP) is 1.51. The van der Waals surface area contributed by atoms with Crippen LogP contribution < -0.4 is 0 Å². The van der Waals surface area contributed by atoms with Crippen molar-refractivity contribution in [1.29, 1.82) is 0 Å². The maximum atomic E-state index is 12.4. The Balaban J connectivity index is 1.33. The molecule has 0 aromatic carbocycles. The maximum absolute atomic E-state index is 12.4. The van der Waals surface area contributed by atoms with Gasteiger partial charge in [-0.1, -0.05) is 0 Å². The molecule has 7 heteroatoms. The summed E-state index contributed by atoms with van der Waals surface area (Å²) in [7, 11) is 1.97. The summed E-state index contributed by atoms with van der Waals surface area (Å²) >= 11 is 0. The molecule has 7 nitrogen and oxygen atoms in total. The van der Waals surface area contributed by atoms with Gasteiger partial charge in [-0.25, -0.2) is 4.98 Å². The van der Waals surface area contributed by atoms with Gasteiger partial charge in [0.2, 0.25) is 5.91 Å². The Bertz CT molecular complexity index is 644. The standard InChI is InChI=1S/C19H31N5O2/c1-15-20-17(22(2)21-15)13-23-9-7-19(8-10-23)6-5-18(25)24(14-19)12-16-4-3-11-26-16/h16H,3-14H2,1-2H3/t16-/m1/s1. The Morgan fingerprint density at radius 3 is 2.73 bits per heavy atom. The Kier molecular flexibility index (Phi) is 5.01. The maximum Gasteiger partial charge on any atom is 0.222 e. The van der Waals surface area contributed by atoms with E-state index in [9.17, 15) is 4.79 Å². The van der Waals surface area contributed by atoms with Crippen molar-refractivity contribution in [2.24, 2.45) is 12.5 Å². The van der Waals surface area contributed by atoms with Crippen LogP contribution in [0, 0.1) is 12.3 Å². The van der Waals surface area contributed by atoms with Crippen molar-refractivity contribution in [3.8, 4) is 0 Å². The third kappa shape index (κ3) is 3.78. The van der Waals surface area contributed by atoms with Crippen LogP contribution in [0.5, 0.6) is 0 Å². The number of carbonyl (C=O) groups excluding carboxylic acids is 1. The minimum Gasteiger partial charge on any atom is -0.376 e. The quantitative estimate of drug-likeness (QED) is 0.813. The largest absolute Gasteiger partial charge is 0.376 e. The second kappa shape index (κ2) is 7.27. The van der Waals surface area contributed by atoms with E-state index in [-0.39, 0.29) is 6.10 Å². The summed E-state index contributed by atoms with van der Waals surface area (Å²) in [6.07, 6.45) is 6.57. The molecule has 1 amide bonds. The van der Waals surface area contributed by atoms with Crippen LogP contribution in [0.2, 0.25) is 0 Å². The summed E-state index contributed by atoms with van der Waals surface area (Å²) in [5.74, 6) is 2.20. The molecule has 0 aliphatic carbocycles. The third-order valence-corrected chi connectivity index (χ3v) is 6.44. The number of nitrogens with zero attached hydrogens (tertiary/aromatic N) is 5. The molecule has 0 saturated carbocycles.